The standard InChI is InChI=1S/C8H16O2/c1-6-4-7(9-2)5-8(6)10-3/h6-8H,4-5H2,1-3H3. The van der Waals surface area contributed by atoms with Crippen molar-refractivity contribution in [3.05, 3.63) is 0 Å². The van der Waals surface area contributed by atoms with Crippen molar-refractivity contribution in [1.29, 1.82) is 0 Å². The summed E-state index contributed by atoms with van der Waals surface area (Å²) < 4.78 is 10.5. The minimum Gasteiger partial charge on any atom is -0.381 e. The Labute approximate surface area is 62.5 Å². The van der Waals surface area contributed by atoms with Gasteiger partial charge in [-0.15, -0.1) is 0 Å². The largest absolute Gasteiger partial charge is 0.381 e. The van der Waals surface area contributed by atoms with Gasteiger partial charge in [-0.2, -0.15) is 0 Å². The summed E-state index contributed by atoms with van der Waals surface area (Å²) in [6, 6.07) is 0. The third kappa shape index (κ3) is 1.50. The van der Waals surface area contributed by atoms with E-state index < -0.39 is 0 Å². The number of methoxy groups -OCH3 is 2. The van der Waals surface area contributed by atoms with Crippen molar-refractivity contribution in [1.82, 2.24) is 0 Å². The third-order valence-electron chi connectivity index (χ3n) is 2.40. The first-order valence-electron chi connectivity index (χ1n) is 3.83. The van der Waals surface area contributed by atoms with Crippen molar-refractivity contribution >= 4 is 0 Å². The molecular formula is C8H16O2. The lowest BCUT2D eigenvalue weighted by Crippen LogP contribution is -2.13. The highest BCUT2D eigenvalue weighted by molar-refractivity contribution is 4.81. The monoisotopic (exact) mass is 144 g/mol. The average Bonchev–Trinajstić information content (AvgIpc) is 2.30. The maximum Gasteiger partial charge on any atom is 0.0622 e. The fraction of sp³-hybridized carbons (Fsp3) is 1.00. The molecule has 0 aromatic carbocycles. The molecule has 0 aromatic heterocycles. The van der Waals surface area contributed by atoms with Gasteiger partial charge in [0.05, 0.1) is 12.2 Å². The van der Waals surface area contributed by atoms with Crippen molar-refractivity contribution in [2.45, 2.75) is 32.0 Å². The first kappa shape index (κ1) is 8.02. The second-order valence-electron chi connectivity index (χ2n) is 3.08. The van der Waals surface area contributed by atoms with E-state index in [1.54, 1.807) is 14.2 Å². The third-order valence-corrected chi connectivity index (χ3v) is 2.40. The van der Waals surface area contributed by atoms with Gasteiger partial charge in [0, 0.05) is 14.2 Å². The summed E-state index contributed by atoms with van der Waals surface area (Å²) in [5, 5.41) is 0. The lowest BCUT2D eigenvalue weighted by molar-refractivity contribution is 0.0591. The van der Waals surface area contributed by atoms with Crippen LogP contribution in [-0.2, 0) is 9.47 Å². The molecule has 0 aromatic rings. The Morgan fingerprint density at radius 2 is 1.80 bits per heavy atom. The fourth-order valence-corrected chi connectivity index (χ4v) is 1.68. The smallest absolute Gasteiger partial charge is 0.0622 e. The SMILES string of the molecule is COC1CC(C)C(OC)C1. The summed E-state index contributed by atoms with van der Waals surface area (Å²) in [7, 11) is 3.55. The normalized spacial score (nSPS) is 40.5. The van der Waals surface area contributed by atoms with Crippen molar-refractivity contribution < 1.29 is 9.47 Å². The summed E-state index contributed by atoms with van der Waals surface area (Å²) in [4.78, 5) is 0. The highest BCUT2D eigenvalue weighted by Crippen LogP contribution is 2.29. The Hall–Kier alpha value is -0.0800. The summed E-state index contributed by atoms with van der Waals surface area (Å²) in [5.74, 6) is 0.662. The van der Waals surface area contributed by atoms with E-state index in [-0.39, 0.29) is 0 Å². The molecule has 0 amide bonds. The molecule has 0 aliphatic heterocycles. The van der Waals surface area contributed by atoms with Gasteiger partial charge in [0.15, 0.2) is 0 Å². The molecule has 3 atom stereocenters. The van der Waals surface area contributed by atoms with Gasteiger partial charge in [0.2, 0.25) is 0 Å². The fourth-order valence-electron chi connectivity index (χ4n) is 1.68. The summed E-state index contributed by atoms with van der Waals surface area (Å²) >= 11 is 0. The van der Waals surface area contributed by atoms with E-state index in [0.717, 1.165) is 12.8 Å². The first-order valence-corrected chi connectivity index (χ1v) is 3.83. The van der Waals surface area contributed by atoms with Crippen LogP contribution in [0.1, 0.15) is 19.8 Å². The lowest BCUT2D eigenvalue weighted by atomic mass is 10.1. The average molecular weight is 144 g/mol. The Morgan fingerprint density at radius 1 is 1.10 bits per heavy atom. The van der Waals surface area contributed by atoms with Gasteiger partial charge in [-0.3, -0.25) is 0 Å². The van der Waals surface area contributed by atoms with E-state index in [1.165, 1.54) is 0 Å². The summed E-state index contributed by atoms with van der Waals surface area (Å²) in [6.45, 7) is 2.22. The van der Waals surface area contributed by atoms with E-state index >= 15 is 0 Å². The molecule has 1 saturated carbocycles. The van der Waals surface area contributed by atoms with Gasteiger partial charge in [-0.25, -0.2) is 0 Å². The molecule has 10 heavy (non-hydrogen) atoms. The Morgan fingerprint density at radius 3 is 2.10 bits per heavy atom. The highest BCUT2D eigenvalue weighted by Gasteiger charge is 2.30. The van der Waals surface area contributed by atoms with E-state index in [2.05, 4.69) is 6.92 Å². The minimum atomic E-state index is 0.421. The van der Waals surface area contributed by atoms with Crippen molar-refractivity contribution in [2.75, 3.05) is 14.2 Å². The van der Waals surface area contributed by atoms with E-state index in [0.29, 0.717) is 18.1 Å². The maximum absolute atomic E-state index is 5.28. The quantitative estimate of drug-likeness (QED) is 0.584. The van der Waals surface area contributed by atoms with Crippen LogP contribution in [0.25, 0.3) is 0 Å². The molecule has 0 radical (unpaired) electrons. The van der Waals surface area contributed by atoms with Crippen molar-refractivity contribution in [3.63, 3.8) is 0 Å². The van der Waals surface area contributed by atoms with Gasteiger partial charge in [-0.05, 0) is 18.8 Å². The number of rotatable bonds is 2. The zero-order valence-corrected chi connectivity index (χ0v) is 6.96. The molecule has 3 unspecified atom stereocenters. The molecule has 0 heterocycles. The molecule has 60 valence electrons. The van der Waals surface area contributed by atoms with Crippen LogP contribution in [0.3, 0.4) is 0 Å². The predicted octanol–water partition coefficient (Wildman–Crippen LogP) is 1.45. The first-order chi connectivity index (χ1) is 4.77. The van der Waals surface area contributed by atoms with Gasteiger partial charge in [-0.1, -0.05) is 6.92 Å². The Balaban J connectivity index is 2.36. The molecule has 1 rings (SSSR count). The van der Waals surface area contributed by atoms with Crippen molar-refractivity contribution in [3.8, 4) is 0 Å². The number of ether oxygens (including phenoxy) is 2. The van der Waals surface area contributed by atoms with Crippen LogP contribution in [-0.4, -0.2) is 26.4 Å². The van der Waals surface area contributed by atoms with Crippen LogP contribution in [0, 0.1) is 5.92 Å². The molecule has 2 heteroatoms. The van der Waals surface area contributed by atoms with Crippen molar-refractivity contribution in [2.24, 2.45) is 5.92 Å². The summed E-state index contributed by atoms with van der Waals surface area (Å²) in [6.07, 6.45) is 3.06. The van der Waals surface area contributed by atoms with E-state index in [4.69, 9.17) is 9.47 Å². The van der Waals surface area contributed by atoms with Gasteiger partial charge in [0.1, 0.15) is 0 Å². The zero-order chi connectivity index (χ0) is 7.56. The van der Waals surface area contributed by atoms with Crippen LogP contribution in [0.2, 0.25) is 0 Å². The number of hydrogen-bond donors (Lipinski definition) is 0. The molecule has 1 aliphatic carbocycles. The molecule has 0 N–H and O–H groups in total. The second-order valence-corrected chi connectivity index (χ2v) is 3.08. The van der Waals surface area contributed by atoms with Crippen LogP contribution in [0.15, 0.2) is 0 Å². The van der Waals surface area contributed by atoms with Crippen LogP contribution >= 0.6 is 0 Å². The van der Waals surface area contributed by atoms with Crippen LogP contribution < -0.4 is 0 Å². The zero-order valence-electron chi connectivity index (χ0n) is 6.96. The molecule has 0 bridgehead atoms. The molecular weight excluding hydrogens is 128 g/mol. The molecule has 0 spiro atoms. The number of hydrogen-bond acceptors (Lipinski definition) is 2. The van der Waals surface area contributed by atoms with Gasteiger partial charge >= 0.3 is 0 Å². The topological polar surface area (TPSA) is 18.5 Å². The maximum atomic E-state index is 5.28. The second kappa shape index (κ2) is 3.35. The van der Waals surface area contributed by atoms with Gasteiger partial charge in [0.25, 0.3) is 0 Å². The highest BCUT2D eigenvalue weighted by atomic mass is 16.5. The lowest BCUT2D eigenvalue weighted by Gasteiger charge is -2.11. The van der Waals surface area contributed by atoms with E-state index in [1.807, 2.05) is 0 Å². The molecule has 1 aliphatic rings. The van der Waals surface area contributed by atoms with Crippen LogP contribution in [0.4, 0.5) is 0 Å². The Kier molecular flexibility index (Phi) is 2.69. The Bertz CT molecular complexity index is 103. The van der Waals surface area contributed by atoms with Gasteiger partial charge < -0.3 is 9.47 Å². The summed E-state index contributed by atoms with van der Waals surface area (Å²) in [5.41, 5.74) is 0. The molecule has 0 saturated heterocycles. The molecule has 2 nitrogen and oxygen atoms in total. The predicted molar refractivity (Wildman–Crippen MR) is 40.0 cm³/mol. The van der Waals surface area contributed by atoms with E-state index in [9.17, 15) is 0 Å². The molecule has 1 fully saturated rings. The van der Waals surface area contributed by atoms with Crippen LogP contribution in [0.5, 0.6) is 0 Å². The minimum absolute atomic E-state index is 0.421.